The van der Waals surface area contributed by atoms with Gasteiger partial charge in [-0.2, -0.15) is 0 Å². The van der Waals surface area contributed by atoms with Crippen LogP contribution >= 0.6 is 11.6 Å². The maximum atomic E-state index is 12.2. The number of hydrogen-bond donors (Lipinski definition) is 1. The minimum absolute atomic E-state index is 0.0245. The van der Waals surface area contributed by atoms with Gasteiger partial charge in [-0.1, -0.05) is 78.3 Å². The molecular formula is C25H24ClN7O6. The van der Waals surface area contributed by atoms with E-state index in [1.165, 1.54) is 0 Å². The van der Waals surface area contributed by atoms with Gasteiger partial charge in [-0.05, 0) is 28.3 Å². The van der Waals surface area contributed by atoms with Crippen molar-refractivity contribution in [2.24, 2.45) is 0 Å². The van der Waals surface area contributed by atoms with Crippen LogP contribution in [0.2, 0.25) is 5.15 Å². The summed E-state index contributed by atoms with van der Waals surface area (Å²) in [6.45, 7) is 1.93. The number of nitrogens with zero attached hydrogens (tertiary/aromatic N) is 7. The molecular weight excluding hydrogens is 530 g/mol. The number of benzene rings is 2. The number of aromatic carboxylic acids is 1. The molecule has 2 aromatic heterocycles. The first kappa shape index (κ1) is 27.4. The molecule has 14 heteroatoms. The van der Waals surface area contributed by atoms with E-state index in [1.807, 2.05) is 43.3 Å². The number of aryl methyl sites for hydroxylation is 1. The lowest BCUT2D eigenvalue weighted by atomic mass is 9.98. The molecule has 13 nitrogen and oxygen atoms in total. The second kappa shape index (κ2) is 12.3. The highest BCUT2D eigenvalue weighted by atomic mass is 35.5. The van der Waals surface area contributed by atoms with Crippen molar-refractivity contribution in [2.45, 2.75) is 39.2 Å². The number of imidazole rings is 1. The predicted octanol–water partition coefficient (Wildman–Crippen LogP) is 4.18. The van der Waals surface area contributed by atoms with E-state index < -0.39 is 23.6 Å². The lowest BCUT2D eigenvalue weighted by molar-refractivity contribution is -0.757. The van der Waals surface area contributed by atoms with E-state index in [-0.39, 0.29) is 23.1 Å². The molecule has 0 spiro atoms. The van der Waals surface area contributed by atoms with Crippen molar-refractivity contribution in [3.05, 3.63) is 80.9 Å². The van der Waals surface area contributed by atoms with Gasteiger partial charge in [0.15, 0.2) is 10.8 Å². The van der Waals surface area contributed by atoms with E-state index in [0.717, 1.165) is 34.3 Å². The third kappa shape index (κ3) is 6.44. The Kier molecular flexibility index (Phi) is 8.61. The second-order valence-corrected chi connectivity index (χ2v) is 8.87. The molecule has 0 amide bonds. The van der Waals surface area contributed by atoms with Crippen molar-refractivity contribution in [3.63, 3.8) is 0 Å². The Labute approximate surface area is 227 Å². The topological polar surface area (TPSA) is 168 Å². The van der Waals surface area contributed by atoms with Crippen LogP contribution in [0.5, 0.6) is 0 Å². The zero-order chi connectivity index (χ0) is 27.9. The summed E-state index contributed by atoms with van der Waals surface area (Å²) in [5, 5.41) is 30.8. The molecule has 4 aromatic rings. The smallest absolute Gasteiger partial charge is 0.355 e. The fourth-order valence-electron chi connectivity index (χ4n) is 4.00. The molecule has 0 aliphatic rings. The van der Waals surface area contributed by atoms with Crippen molar-refractivity contribution in [2.75, 3.05) is 6.61 Å². The van der Waals surface area contributed by atoms with Crippen LogP contribution < -0.4 is 0 Å². The summed E-state index contributed by atoms with van der Waals surface area (Å²) in [6, 6.07) is 14.9. The van der Waals surface area contributed by atoms with Crippen molar-refractivity contribution in [3.8, 4) is 22.5 Å². The number of unbranched alkanes of at least 4 members (excludes halogenated alkanes) is 1. The molecule has 4 rings (SSSR count). The van der Waals surface area contributed by atoms with E-state index in [4.69, 9.17) is 11.6 Å². The molecule has 2 heterocycles. The highest BCUT2D eigenvalue weighted by molar-refractivity contribution is 6.32. The summed E-state index contributed by atoms with van der Waals surface area (Å²) in [4.78, 5) is 43.5. The zero-order valence-corrected chi connectivity index (χ0v) is 21.6. The Morgan fingerprint density at radius 3 is 2.51 bits per heavy atom. The fraction of sp³-hybridized carbons (Fsp3) is 0.280. The van der Waals surface area contributed by atoms with Gasteiger partial charge in [0.05, 0.1) is 6.42 Å². The van der Waals surface area contributed by atoms with Gasteiger partial charge in [0.25, 0.3) is 11.0 Å². The van der Waals surface area contributed by atoms with Crippen LogP contribution in [0.1, 0.15) is 52.9 Å². The van der Waals surface area contributed by atoms with E-state index in [1.54, 1.807) is 16.7 Å². The van der Waals surface area contributed by atoms with Crippen LogP contribution in [0.15, 0.2) is 48.5 Å². The minimum Gasteiger partial charge on any atom is -0.476 e. The Balaban J connectivity index is 1.56. The van der Waals surface area contributed by atoms with Crippen LogP contribution in [0.3, 0.4) is 0 Å². The molecule has 202 valence electrons. The Morgan fingerprint density at radius 2 is 1.85 bits per heavy atom. The number of rotatable bonds is 12. The number of tetrazole rings is 1. The SMILES string of the molecule is CCCCc1nc(Cl)c(C(=O)O)n1Cc1ccc(-c2ccccc2-c2nnn(C(=O)CCO[N+](=O)[O-])n2)cc1. The average molecular weight is 554 g/mol. The van der Waals surface area contributed by atoms with E-state index >= 15 is 0 Å². The summed E-state index contributed by atoms with van der Waals surface area (Å²) in [5.41, 5.74) is 3.07. The zero-order valence-electron chi connectivity index (χ0n) is 20.9. The molecule has 0 atom stereocenters. The lowest BCUT2D eigenvalue weighted by Gasteiger charge is -2.12. The van der Waals surface area contributed by atoms with E-state index in [0.29, 0.717) is 24.4 Å². The van der Waals surface area contributed by atoms with Gasteiger partial charge < -0.3 is 14.5 Å². The van der Waals surface area contributed by atoms with Gasteiger partial charge in [-0.25, -0.2) is 9.78 Å². The fourth-order valence-corrected chi connectivity index (χ4v) is 4.28. The predicted molar refractivity (Wildman–Crippen MR) is 139 cm³/mol. The standard InChI is InChI=1S/C25H24ClN7O6/c1-2-3-8-20-27-23(26)22(25(35)36)31(20)15-16-9-11-17(12-10-16)18-6-4-5-7-19(18)24-28-30-32(29-24)21(34)13-14-39-33(37)38/h4-7,9-12H,2-3,8,13-15H2,1H3,(H,35,36). The normalized spacial score (nSPS) is 10.9. The molecule has 0 unspecified atom stereocenters. The maximum absolute atomic E-state index is 12.2. The molecule has 39 heavy (non-hydrogen) atoms. The first-order chi connectivity index (χ1) is 18.8. The van der Waals surface area contributed by atoms with Crippen LogP contribution in [0.4, 0.5) is 0 Å². The summed E-state index contributed by atoms with van der Waals surface area (Å²) in [7, 11) is 0. The first-order valence-corrected chi connectivity index (χ1v) is 12.4. The molecule has 0 aliphatic heterocycles. The van der Waals surface area contributed by atoms with Crippen molar-refractivity contribution in [1.82, 2.24) is 29.8 Å². The molecule has 0 saturated heterocycles. The summed E-state index contributed by atoms with van der Waals surface area (Å²) in [6.07, 6.45) is 2.13. The highest BCUT2D eigenvalue weighted by Gasteiger charge is 2.22. The Bertz CT molecular complexity index is 1500. The van der Waals surface area contributed by atoms with Crippen molar-refractivity contribution < 1.29 is 24.6 Å². The molecule has 0 radical (unpaired) electrons. The van der Waals surface area contributed by atoms with Crippen LogP contribution in [-0.4, -0.2) is 58.4 Å². The van der Waals surface area contributed by atoms with Crippen LogP contribution in [0.25, 0.3) is 22.5 Å². The highest BCUT2D eigenvalue weighted by Crippen LogP contribution is 2.30. The lowest BCUT2D eigenvalue weighted by Crippen LogP contribution is -2.17. The van der Waals surface area contributed by atoms with Gasteiger partial charge in [0.2, 0.25) is 5.82 Å². The molecule has 0 saturated carbocycles. The second-order valence-electron chi connectivity index (χ2n) is 8.51. The Hall–Kier alpha value is -4.65. The van der Waals surface area contributed by atoms with Gasteiger partial charge in [0.1, 0.15) is 12.4 Å². The summed E-state index contributed by atoms with van der Waals surface area (Å²) >= 11 is 6.14. The molecule has 0 bridgehead atoms. The molecule has 0 fully saturated rings. The molecule has 0 aliphatic carbocycles. The number of aromatic nitrogens is 6. The number of carbonyl (C=O) groups is 2. The molecule has 2 aromatic carbocycles. The maximum Gasteiger partial charge on any atom is 0.355 e. The Morgan fingerprint density at radius 1 is 1.13 bits per heavy atom. The number of carbonyl (C=O) groups excluding carboxylic acids is 1. The van der Waals surface area contributed by atoms with Gasteiger partial charge in [-0.15, -0.1) is 20.3 Å². The quantitative estimate of drug-likeness (QED) is 0.198. The summed E-state index contributed by atoms with van der Waals surface area (Å²) < 4.78 is 1.64. The minimum atomic E-state index is -1.13. The number of hydrogen-bond acceptors (Lipinski definition) is 9. The van der Waals surface area contributed by atoms with Gasteiger partial charge in [-0.3, -0.25) is 4.79 Å². The number of carboxylic acids is 1. The third-order valence-electron chi connectivity index (χ3n) is 5.88. The third-order valence-corrected chi connectivity index (χ3v) is 6.15. The summed E-state index contributed by atoms with van der Waals surface area (Å²) in [5.74, 6) is -0.901. The van der Waals surface area contributed by atoms with Crippen LogP contribution in [-0.2, 0) is 17.8 Å². The van der Waals surface area contributed by atoms with Gasteiger partial charge >= 0.3 is 5.97 Å². The number of carboxylic acid groups (broad SMARTS) is 1. The van der Waals surface area contributed by atoms with E-state index in [2.05, 4.69) is 25.2 Å². The number of halogens is 1. The monoisotopic (exact) mass is 553 g/mol. The van der Waals surface area contributed by atoms with E-state index in [9.17, 15) is 24.8 Å². The van der Waals surface area contributed by atoms with Gasteiger partial charge in [0, 0.05) is 18.5 Å². The first-order valence-electron chi connectivity index (χ1n) is 12.1. The van der Waals surface area contributed by atoms with Crippen molar-refractivity contribution in [1.29, 1.82) is 0 Å². The average Bonchev–Trinajstić information content (AvgIpc) is 3.52. The largest absolute Gasteiger partial charge is 0.476 e. The van der Waals surface area contributed by atoms with Crippen molar-refractivity contribution >= 4 is 23.5 Å². The molecule has 1 N–H and O–H groups in total. The van der Waals surface area contributed by atoms with Crippen LogP contribution in [0, 0.1) is 10.1 Å².